The van der Waals surface area contributed by atoms with Crippen molar-refractivity contribution in [2.45, 2.75) is 78.3 Å². The molecule has 0 amide bonds. The van der Waals surface area contributed by atoms with Crippen LogP contribution < -0.4 is 0 Å². The molecule has 1 aliphatic heterocycles. The van der Waals surface area contributed by atoms with Crippen LogP contribution in [0.5, 0.6) is 0 Å². The zero-order valence-corrected chi connectivity index (χ0v) is 13.2. The van der Waals surface area contributed by atoms with Gasteiger partial charge in [-0.2, -0.15) is 0 Å². The van der Waals surface area contributed by atoms with Gasteiger partial charge in [0.2, 0.25) is 0 Å². The normalized spacial score (nSPS) is 23.3. The molecule has 1 saturated carbocycles. The first kappa shape index (κ1) is 13.1. The Morgan fingerprint density at radius 3 is 1.59 bits per heavy atom. The third-order valence-electron chi connectivity index (χ3n) is 4.71. The number of hydrogen-bond acceptors (Lipinski definition) is 0. The maximum atomic E-state index is 2.61. The van der Waals surface area contributed by atoms with Gasteiger partial charge in [-0.05, 0) is 49.7 Å². The molecule has 0 radical (unpaired) electrons. The molecule has 0 aromatic rings. The van der Waals surface area contributed by atoms with Gasteiger partial charge in [-0.25, -0.2) is 0 Å². The van der Waals surface area contributed by atoms with E-state index in [1.807, 2.05) is 21.5 Å². The van der Waals surface area contributed by atoms with Crippen LogP contribution in [-0.4, -0.2) is 8.07 Å². The zero-order valence-electron chi connectivity index (χ0n) is 12.2. The molecule has 96 valence electrons. The predicted molar refractivity (Wildman–Crippen MR) is 79.8 cm³/mol. The number of rotatable bonds is 4. The second-order valence-corrected chi connectivity index (χ2v) is 10.7. The van der Waals surface area contributed by atoms with Gasteiger partial charge < -0.3 is 0 Å². The van der Waals surface area contributed by atoms with Gasteiger partial charge in [-0.15, -0.1) is 0 Å². The van der Waals surface area contributed by atoms with Crippen LogP contribution in [0.4, 0.5) is 0 Å². The van der Waals surface area contributed by atoms with Crippen LogP contribution in [0.25, 0.3) is 0 Å². The molecular formula is C16H28Si. The molecule has 0 bridgehead atoms. The van der Waals surface area contributed by atoms with Crippen LogP contribution in [0.3, 0.4) is 0 Å². The Bertz CT molecular complexity index is 324. The minimum absolute atomic E-state index is 1.21. The summed E-state index contributed by atoms with van der Waals surface area (Å²) in [6.45, 7) is 9.92. The number of fused-ring (bicyclic) bond motifs is 1. The van der Waals surface area contributed by atoms with E-state index in [0.717, 1.165) is 0 Å². The molecule has 0 aromatic heterocycles. The molecule has 0 N–H and O–H groups in total. The first-order chi connectivity index (χ1) is 8.12. The van der Waals surface area contributed by atoms with Crippen LogP contribution >= 0.6 is 0 Å². The van der Waals surface area contributed by atoms with Gasteiger partial charge in [0.05, 0.1) is 0 Å². The van der Waals surface area contributed by atoms with E-state index in [2.05, 4.69) is 26.9 Å². The molecule has 1 heterocycles. The van der Waals surface area contributed by atoms with E-state index >= 15 is 0 Å². The highest BCUT2D eigenvalue weighted by Gasteiger charge is 2.40. The molecule has 0 spiro atoms. The Hall–Kier alpha value is -0.303. The summed E-state index contributed by atoms with van der Waals surface area (Å²) in [6, 6.07) is 0. The second-order valence-electron chi connectivity index (χ2n) is 6.25. The topological polar surface area (TPSA) is 0 Å². The molecule has 0 atom stereocenters. The summed E-state index contributed by atoms with van der Waals surface area (Å²) in [5.74, 6) is 0. The van der Waals surface area contributed by atoms with Gasteiger partial charge in [0.1, 0.15) is 8.07 Å². The SMILES string of the molecule is CCCC1=C2CCCCC2=C(CCC)[Si]1(C)C. The van der Waals surface area contributed by atoms with Crippen molar-refractivity contribution in [1.29, 1.82) is 0 Å². The Balaban J connectivity index is 2.41. The lowest BCUT2D eigenvalue weighted by atomic mass is 9.88. The molecule has 2 aliphatic rings. The van der Waals surface area contributed by atoms with Gasteiger partial charge in [0.15, 0.2) is 0 Å². The maximum Gasteiger partial charge on any atom is 0.103 e. The van der Waals surface area contributed by atoms with Crippen LogP contribution in [0.1, 0.15) is 65.2 Å². The van der Waals surface area contributed by atoms with Crippen molar-refractivity contribution in [2.75, 3.05) is 0 Å². The molecule has 1 heteroatoms. The lowest BCUT2D eigenvalue weighted by molar-refractivity contribution is 0.671. The standard InChI is InChI=1S/C16H28Si/c1-5-9-15-13-11-7-8-12-14(13)16(10-6-2)17(15,3)4/h5-12H2,1-4H3. The maximum absolute atomic E-state index is 2.61. The smallest absolute Gasteiger partial charge is 0.0730 e. The van der Waals surface area contributed by atoms with E-state index in [0.29, 0.717) is 0 Å². The molecule has 1 fully saturated rings. The molecule has 17 heavy (non-hydrogen) atoms. The van der Waals surface area contributed by atoms with E-state index in [1.54, 1.807) is 0 Å². The van der Waals surface area contributed by atoms with Gasteiger partial charge in [-0.3, -0.25) is 0 Å². The highest BCUT2D eigenvalue weighted by molar-refractivity contribution is 6.91. The van der Waals surface area contributed by atoms with Crippen molar-refractivity contribution in [3.8, 4) is 0 Å². The van der Waals surface area contributed by atoms with Crippen molar-refractivity contribution in [3.63, 3.8) is 0 Å². The quantitative estimate of drug-likeness (QED) is 0.572. The second kappa shape index (κ2) is 5.13. The fourth-order valence-electron chi connectivity index (χ4n) is 3.93. The third-order valence-corrected chi connectivity index (χ3v) is 8.83. The van der Waals surface area contributed by atoms with Crippen LogP contribution in [0.15, 0.2) is 21.5 Å². The average Bonchev–Trinajstić information content (AvgIpc) is 2.52. The molecule has 0 unspecified atom stereocenters. The van der Waals surface area contributed by atoms with E-state index in [-0.39, 0.29) is 0 Å². The van der Waals surface area contributed by atoms with E-state index < -0.39 is 8.07 Å². The Kier molecular flexibility index (Phi) is 3.97. The number of hydrogen-bond donors (Lipinski definition) is 0. The van der Waals surface area contributed by atoms with Crippen LogP contribution in [0.2, 0.25) is 13.1 Å². The minimum Gasteiger partial charge on any atom is -0.0730 e. The Morgan fingerprint density at radius 2 is 1.24 bits per heavy atom. The van der Waals surface area contributed by atoms with Gasteiger partial charge in [-0.1, -0.05) is 50.2 Å². The Labute approximate surface area is 108 Å². The van der Waals surface area contributed by atoms with Crippen LogP contribution in [-0.2, 0) is 0 Å². The largest absolute Gasteiger partial charge is 0.103 e. The van der Waals surface area contributed by atoms with Crippen molar-refractivity contribution >= 4 is 8.07 Å². The summed E-state index contributed by atoms with van der Waals surface area (Å²) in [5.41, 5.74) is 3.69. The molecule has 2 rings (SSSR count). The summed E-state index contributed by atoms with van der Waals surface area (Å²) < 4.78 is 0. The van der Waals surface area contributed by atoms with Crippen molar-refractivity contribution in [3.05, 3.63) is 21.5 Å². The molecule has 1 aliphatic carbocycles. The van der Waals surface area contributed by atoms with E-state index in [9.17, 15) is 0 Å². The van der Waals surface area contributed by atoms with E-state index in [1.165, 1.54) is 51.4 Å². The monoisotopic (exact) mass is 248 g/mol. The first-order valence-corrected chi connectivity index (χ1v) is 10.6. The molecular weight excluding hydrogens is 220 g/mol. The van der Waals surface area contributed by atoms with Crippen molar-refractivity contribution in [2.24, 2.45) is 0 Å². The molecule has 0 saturated heterocycles. The molecule has 0 nitrogen and oxygen atoms in total. The van der Waals surface area contributed by atoms with Gasteiger partial charge in [0.25, 0.3) is 0 Å². The fourth-order valence-corrected chi connectivity index (χ4v) is 8.11. The first-order valence-electron chi connectivity index (χ1n) is 7.58. The summed E-state index contributed by atoms with van der Waals surface area (Å²) >= 11 is 0. The third kappa shape index (κ3) is 2.19. The lowest BCUT2D eigenvalue weighted by Crippen LogP contribution is -2.30. The van der Waals surface area contributed by atoms with Crippen molar-refractivity contribution < 1.29 is 0 Å². The average molecular weight is 248 g/mol. The Morgan fingerprint density at radius 1 is 0.824 bits per heavy atom. The molecule has 0 aromatic carbocycles. The summed E-state index contributed by atoms with van der Waals surface area (Å²) in [6.07, 6.45) is 11.1. The van der Waals surface area contributed by atoms with Crippen molar-refractivity contribution in [1.82, 2.24) is 0 Å². The predicted octanol–water partition coefficient (Wildman–Crippen LogP) is 5.55. The van der Waals surface area contributed by atoms with E-state index in [4.69, 9.17) is 0 Å². The highest BCUT2D eigenvalue weighted by Crippen LogP contribution is 2.48. The number of allylic oxidation sites excluding steroid dienone is 4. The summed E-state index contributed by atoms with van der Waals surface area (Å²) in [7, 11) is -1.21. The van der Waals surface area contributed by atoms with Gasteiger partial charge >= 0.3 is 0 Å². The fraction of sp³-hybridized carbons (Fsp3) is 0.750. The zero-order chi connectivity index (χ0) is 12.5. The lowest BCUT2D eigenvalue weighted by Gasteiger charge is -2.25. The van der Waals surface area contributed by atoms with Gasteiger partial charge in [0, 0.05) is 0 Å². The van der Waals surface area contributed by atoms with Crippen LogP contribution in [0, 0.1) is 0 Å². The summed E-state index contributed by atoms with van der Waals surface area (Å²) in [5, 5.41) is 3.86. The minimum atomic E-state index is -1.21. The highest BCUT2D eigenvalue weighted by atomic mass is 28.3. The summed E-state index contributed by atoms with van der Waals surface area (Å²) in [4.78, 5) is 0.